The first-order chi connectivity index (χ1) is 6.22. The average Bonchev–Trinajstić information content (AvgIpc) is 1.97. The van der Waals surface area contributed by atoms with Crippen LogP contribution in [-0.2, 0) is 19.4 Å². The van der Waals surface area contributed by atoms with Crippen molar-refractivity contribution in [2.45, 2.75) is 19.9 Å². The van der Waals surface area contributed by atoms with Gasteiger partial charge in [-0.1, -0.05) is 0 Å². The summed E-state index contributed by atoms with van der Waals surface area (Å²) >= 11 is 0. The predicted octanol–water partition coefficient (Wildman–Crippen LogP) is -0.362. The Morgan fingerprint density at radius 3 is 2.21 bits per heavy atom. The number of carbonyl (C=O) groups is 2. The Hall–Kier alpha value is -1.17. The molecule has 0 spiro atoms. The second-order valence-electron chi connectivity index (χ2n) is 2.96. The van der Waals surface area contributed by atoms with Crippen LogP contribution in [0.3, 0.4) is 0 Å². The van der Waals surface area contributed by atoms with Crippen LogP contribution >= 0.6 is 0 Å². The minimum absolute atomic E-state index is 0.335. The van der Waals surface area contributed by atoms with Crippen molar-refractivity contribution >= 4 is 21.5 Å². The molecule has 0 radical (unpaired) electrons. The third kappa shape index (κ3) is 6.36. The highest BCUT2D eigenvalue weighted by atomic mass is 32.2. The summed E-state index contributed by atoms with van der Waals surface area (Å²) in [6.07, 6.45) is 1.93. The van der Waals surface area contributed by atoms with E-state index in [1.165, 1.54) is 13.8 Å². The van der Waals surface area contributed by atoms with E-state index in [1.807, 2.05) is 0 Å². The third-order valence-electron chi connectivity index (χ3n) is 1.33. The van der Waals surface area contributed by atoms with Gasteiger partial charge in [0.2, 0.25) is 5.91 Å². The van der Waals surface area contributed by atoms with E-state index in [0.717, 1.165) is 17.7 Å². The quantitative estimate of drug-likeness (QED) is 0.655. The van der Waals surface area contributed by atoms with Crippen molar-refractivity contribution < 1.29 is 18.0 Å². The monoisotopic (exact) mass is 219 g/mol. The maximum absolute atomic E-state index is 11.2. The molecular weight excluding hydrogens is 206 g/mol. The van der Waals surface area contributed by atoms with Gasteiger partial charge in [-0.05, 0) is 13.0 Å². The summed E-state index contributed by atoms with van der Waals surface area (Å²) in [6, 6.07) is -0.703. The Kier molecular flexibility index (Phi) is 4.49. The fourth-order valence-electron chi connectivity index (χ4n) is 0.711. The molecule has 0 heterocycles. The molecule has 1 amide bonds. The van der Waals surface area contributed by atoms with Crippen LogP contribution in [0.15, 0.2) is 11.5 Å². The third-order valence-corrected chi connectivity index (χ3v) is 1.96. The van der Waals surface area contributed by atoms with Crippen molar-refractivity contribution in [3.05, 3.63) is 11.5 Å². The highest BCUT2D eigenvalue weighted by molar-refractivity contribution is 7.93. The van der Waals surface area contributed by atoms with E-state index in [0.29, 0.717) is 0 Å². The molecule has 5 nitrogen and oxygen atoms in total. The highest BCUT2D eigenvalue weighted by Crippen LogP contribution is 1.91. The predicted molar refractivity (Wildman–Crippen MR) is 52.3 cm³/mol. The normalized spacial score (nSPS) is 13.9. The molecule has 0 aromatic heterocycles. The number of rotatable bonds is 4. The molecule has 0 fully saturated rings. The van der Waals surface area contributed by atoms with E-state index in [4.69, 9.17) is 0 Å². The van der Waals surface area contributed by atoms with Gasteiger partial charge in [0.1, 0.15) is 0 Å². The topological polar surface area (TPSA) is 80.3 Å². The largest absolute Gasteiger partial charge is 0.346 e. The van der Waals surface area contributed by atoms with Crippen LogP contribution in [-0.4, -0.2) is 32.4 Å². The molecule has 6 heteroatoms. The van der Waals surface area contributed by atoms with E-state index >= 15 is 0 Å². The van der Waals surface area contributed by atoms with Crippen molar-refractivity contribution in [3.8, 4) is 0 Å². The number of amides is 1. The van der Waals surface area contributed by atoms with Crippen LogP contribution in [0.25, 0.3) is 0 Å². The van der Waals surface area contributed by atoms with Crippen molar-refractivity contribution in [2.75, 3.05) is 6.26 Å². The van der Waals surface area contributed by atoms with Gasteiger partial charge in [-0.2, -0.15) is 0 Å². The number of hydrogen-bond acceptors (Lipinski definition) is 4. The van der Waals surface area contributed by atoms with Crippen LogP contribution in [0.5, 0.6) is 0 Å². The Bertz CT molecular complexity index is 356. The molecule has 0 unspecified atom stereocenters. The molecule has 1 atom stereocenters. The van der Waals surface area contributed by atoms with Crippen molar-refractivity contribution in [1.29, 1.82) is 0 Å². The van der Waals surface area contributed by atoms with Crippen LogP contribution in [0.4, 0.5) is 0 Å². The van der Waals surface area contributed by atoms with Crippen LogP contribution in [0.1, 0.15) is 13.8 Å². The van der Waals surface area contributed by atoms with Crippen molar-refractivity contribution in [1.82, 2.24) is 5.32 Å². The van der Waals surface area contributed by atoms with Gasteiger partial charge in [0.05, 0.1) is 6.04 Å². The van der Waals surface area contributed by atoms with E-state index in [-0.39, 0.29) is 5.91 Å². The minimum Gasteiger partial charge on any atom is -0.346 e. The van der Waals surface area contributed by atoms with Gasteiger partial charge in [-0.15, -0.1) is 0 Å². The van der Waals surface area contributed by atoms with Crippen LogP contribution in [0.2, 0.25) is 0 Å². The summed E-state index contributed by atoms with van der Waals surface area (Å²) in [5.74, 6) is -0.788. The molecule has 0 saturated carbocycles. The van der Waals surface area contributed by atoms with E-state index in [1.54, 1.807) is 0 Å². The summed E-state index contributed by atoms with van der Waals surface area (Å²) in [6.45, 7) is 2.76. The Balaban J connectivity index is 4.36. The number of carbonyl (C=O) groups excluding carboxylic acids is 2. The Labute approximate surface area is 83.1 Å². The molecule has 0 aliphatic heterocycles. The van der Waals surface area contributed by atoms with Crippen molar-refractivity contribution in [2.24, 2.45) is 0 Å². The first-order valence-corrected chi connectivity index (χ1v) is 5.87. The summed E-state index contributed by atoms with van der Waals surface area (Å²) in [4.78, 5) is 21.7. The minimum atomic E-state index is -3.30. The lowest BCUT2D eigenvalue weighted by Gasteiger charge is -2.07. The lowest BCUT2D eigenvalue weighted by atomic mass is 10.2. The van der Waals surface area contributed by atoms with Crippen LogP contribution in [0, 0.1) is 0 Å². The van der Waals surface area contributed by atoms with E-state index in [9.17, 15) is 18.0 Å². The zero-order valence-electron chi connectivity index (χ0n) is 8.27. The molecule has 0 rings (SSSR count). The molecule has 80 valence electrons. The SMILES string of the molecule is CC(=O)N[C@@H](C)C(=O)/C=C/S(C)(=O)=O. The van der Waals surface area contributed by atoms with E-state index < -0.39 is 21.7 Å². The standard InChI is InChI=1S/C8H13NO4S/c1-6(9-7(2)10)8(11)4-5-14(3,12)13/h4-6H,1-3H3,(H,9,10)/b5-4+/t6-/m0/s1. The fourth-order valence-corrected chi connectivity index (χ4v) is 1.09. The van der Waals surface area contributed by atoms with Crippen LogP contribution < -0.4 is 5.32 Å². The molecular formula is C8H13NO4S. The zero-order chi connectivity index (χ0) is 11.4. The maximum atomic E-state index is 11.2. The molecule has 14 heavy (non-hydrogen) atoms. The first-order valence-electron chi connectivity index (χ1n) is 3.91. The number of sulfone groups is 1. The zero-order valence-corrected chi connectivity index (χ0v) is 9.09. The van der Waals surface area contributed by atoms with E-state index in [2.05, 4.69) is 5.32 Å². The second kappa shape index (κ2) is 4.90. The molecule has 0 aromatic carbocycles. The van der Waals surface area contributed by atoms with Gasteiger partial charge in [0.15, 0.2) is 15.6 Å². The fraction of sp³-hybridized carbons (Fsp3) is 0.500. The number of nitrogens with one attached hydrogen (secondary N) is 1. The molecule has 0 aromatic rings. The Morgan fingerprint density at radius 2 is 1.86 bits per heavy atom. The number of ketones is 1. The highest BCUT2D eigenvalue weighted by Gasteiger charge is 2.10. The molecule has 0 aliphatic carbocycles. The van der Waals surface area contributed by atoms with Gasteiger partial charge in [0.25, 0.3) is 0 Å². The molecule has 0 bridgehead atoms. The summed E-state index contributed by atoms with van der Waals surface area (Å²) in [5, 5.41) is 3.16. The Morgan fingerprint density at radius 1 is 1.36 bits per heavy atom. The summed E-state index contributed by atoms with van der Waals surface area (Å²) in [5.41, 5.74) is 0. The van der Waals surface area contributed by atoms with Gasteiger partial charge in [-0.25, -0.2) is 8.42 Å². The lowest BCUT2D eigenvalue weighted by Crippen LogP contribution is -2.36. The molecule has 0 saturated heterocycles. The van der Waals surface area contributed by atoms with Gasteiger partial charge in [-0.3, -0.25) is 9.59 Å². The smallest absolute Gasteiger partial charge is 0.217 e. The molecule has 0 aliphatic rings. The average molecular weight is 219 g/mol. The van der Waals surface area contributed by atoms with Crippen molar-refractivity contribution in [3.63, 3.8) is 0 Å². The first kappa shape index (κ1) is 12.8. The number of hydrogen-bond donors (Lipinski definition) is 1. The van der Waals surface area contributed by atoms with Gasteiger partial charge in [0, 0.05) is 18.6 Å². The second-order valence-corrected chi connectivity index (χ2v) is 4.89. The lowest BCUT2D eigenvalue weighted by molar-refractivity contribution is -0.124. The van der Waals surface area contributed by atoms with Gasteiger partial charge >= 0.3 is 0 Å². The molecule has 1 N–H and O–H groups in total. The summed E-state index contributed by atoms with van der Waals surface area (Å²) < 4.78 is 21.3. The summed E-state index contributed by atoms with van der Waals surface area (Å²) in [7, 11) is -3.30. The van der Waals surface area contributed by atoms with Gasteiger partial charge < -0.3 is 5.32 Å². The maximum Gasteiger partial charge on any atom is 0.217 e.